The number of hydrogen-bond donors (Lipinski definition) is 0. The van der Waals surface area contributed by atoms with Crippen LogP contribution in [0.25, 0.3) is 0 Å². The van der Waals surface area contributed by atoms with Crippen molar-refractivity contribution in [1.29, 1.82) is 0 Å². The van der Waals surface area contributed by atoms with Gasteiger partial charge in [0.05, 0.1) is 0 Å². The van der Waals surface area contributed by atoms with E-state index in [0.29, 0.717) is 0 Å². The summed E-state index contributed by atoms with van der Waals surface area (Å²) in [5.41, 5.74) is 1.03. The van der Waals surface area contributed by atoms with Gasteiger partial charge in [0.25, 0.3) is 0 Å². The molecular weight excluding hydrogens is 184 g/mol. The molecule has 1 aromatic rings. The highest BCUT2D eigenvalue weighted by atomic mass is 16.1. The first-order valence-electron chi connectivity index (χ1n) is 5.20. The third-order valence-electron chi connectivity index (χ3n) is 2.17. The van der Waals surface area contributed by atoms with Gasteiger partial charge in [0, 0.05) is 0 Å². The Morgan fingerprint density at radius 3 is 2.80 bits per heavy atom. The average Bonchev–Trinajstić information content (AvgIpc) is 2.44. The fourth-order valence-corrected chi connectivity index (χ4v) is 1.38. The molecule has 78 valence electrons. The van der Waals surface area contributed by atoms with E-state index in [1.165, 1.54) is 0 Å². The van der Waals surface area contributed by atoms with Gasteiger partial charge in [0.1, 0.15) is 0 Å². The Morgan fingerprint density at radius 2 is 2.00 bits per heavy atom. The van der Waals surface area contributed by atoms with Crippen LogP contribution in [0.1, 0.15) is 18.4 Å². The second-order valence-electron chi connectivity index (χ2n) is 3.36. The number of aryl methyl sites for hydroxylation is 1. The average molecular weight is 200 g/mol. The smallest absolute Gasteiger partial charge is 0.181 e. The van der Waals surface area contributed by atoms with E-state index in [9.17, 15) is 4.79 Å². The minimum absolute atomic E-state index is 0.132. The van der Waals surface area contributed by atoms with Crippen LogP contribution in [0.15, 0.2) is 59.9 Å². The van der Waals surface area contributed by atoms with E-state index in [2.05, 4.69) is 12.7 Å². The summed E-state index contributed by atoms with van der Waals surface area (Å²) in [4.78, 5) is 11.5. The molecule has 0 aliphatic heterocycles. The number of hydrogen-bond acceptors (Lipinski definition) is 1. The maximum absolute atomic E-state index is 11.5. The summed E-state index contributed by atoms with van der Waals surface area (Å²) in [7, 11) is 0. The summed E-state index contributed by atoms with van der Waals surface area (Å²) >= 11 is 0. The summed E-state index contributed by atoms with van der Waals surface area (Å²) in [5, 5.41) is 0. The van der Waals surface area contributed by atoms with Crippen molar-refractivity contribution in [3.05, 3.63) is 70.9 Å². The van der Waals surface area contributed by atoms with Gasteiger partial charge in [-0.1, -0.05) is 49.1 Å². The third-order valence-corrected chi connectivity index (χ3v) is 2.17. The van der Waals surface area contributed by atoms with Crippen LogP contribution in [0.5, 0.6) is 0 Å². The molecule has 0 fully saturated rings. The van der Waals surface area contributed by atoms with Crippen LogP contribution in [0, 0.1) is 0 Å². The van der Waals surface area contributed by atoms with Gasteiger partial charge >= 0.3 is 0 Å². The monoisotopic (exact) mass is 200 g/mol. The quantitative estimate of drug-likeness (QED) is 0.527. The Kier molecular flexibility index (Phi) is 5.16. The highest BCUT2D eigenvalue weighted by Gasteiger charge is 1.94. The lowest BCUT2D eigenvalue weighted by atomic mass is 10.1. The molecule has 0 aliphatic carbocycles. The molecule has 0 aromatic heterocycles. The molecule has 15 heavy (non-hydrogen) atoms. The number of allylic oxidation sites excluding steroid dienone is 3. The highest BCUT2D eigenvalue weighted by Crippen LogP contribution is 2.00. The van der Waals surface area contributed by atoms with E-state index in [4.69, 9.17) is 0 Å². The van der Waals surface area contributed by atoms with Crippen LogP contribution in [0.2, 0.25) is 0 Å². The van der Waals surface area contributed by atoms with Crippen LogP contribution in [-0.4, -0.2) is 0 Å². The fourth-order valence-electron chi connectivity index (χ4n) is 1.38. The van der Waals surface area contributed by atoms with Gasteiger partial charge in [-0.25, -0.2) is 0 Å². The molecule has 1 nitrogen and oxygen atoms in total. The lowest BCUT2D eigenvalue weighted by Crippen LogP contribution is -2.03. The Balaban J connectivity index is 2.52. The number of unbranched alkanes of at least 4 members (excludes halogenated alkanes) is 1. The maximum atomic E-state index is 11.5. The molecule has 0 heterocycles. The fraction of sp³-hybridized carbons (Fsp3) is 0.214. The van der Waals surface area contributed by atoms with Crippen LogP contribution < -0.4 is 5.43 Å². The molecule has 0 bridgehead atoms. The van der Waals surface area contributed by atoms with Crippen molar-refractivity contribution in [1.82, 2.24) is 0 Å². The van der Waals surface area contributed by atoms with E-state index in [1.807, 2.05) is 24.3 Å². The topological polar surface area (TPSA) is 17.1 Å². The van der Waals surface area contributed by atoms with Gasteiger partial charge in [0.2, 0.25) is 0 Å². The zero-order valence-corrected chi connectivity index (χ0v) is 8.86. The van der Waals surface area contributed by atoms with Gasteiger partial charge < -0.3 is 0 Å². The molecule has 0 amide bonds. The van der Waals surface area contributed by atoms with E-state index in [0.717, 1.165) is 24.8 Å². The van der Waals surface area contributed by atoms with E-state index >= 15 is 0 Å². The van der Waals surface area contributed by atoms with E-state index in [1.54, 1.807) is 18.2 Å². The van der Waals surface area contributed by atoms with Gasteiger partial charge in [-0.3, -0.25) is 4.79 Å². The van der Waals surface area contributed by atoms with Crippen LogP contribution in [-0.2, 0) is 6.42 Å². The van der Waals surface area contributed by atoms with Crippen molar-refractivity contribution in [3.8, 4) is 0 Å². The van der Waals surface area contributed by atoms with Crippen molar-refractivity contribution in [3.63, 3.8) is 0 Å². The van der Waals surface area contributed by atoms with Crippen LogP contribution in [0.4, 0.5) is 0 Å². The zero-order chi connectivity index (χ0) is 10.9. The molecule has 0 saturated heterocycles. The normalized spacial score (nSPS) is 10.4. The lowest BCUT2D eigenvalue weighted by Gasteiger charge is -1.94. The second-order valence-corrected chi connectivity index (χ2v) is 3.36. The molecule has 1 heteroatoms. The van der Waals surface area contributed by atoms with Gasteiger partial charge in [-0.2, -0.15) is 0 Å². The Morgan fingerprint density at radius 1 is 1.20 bits per heavy atom. The first-order valence-corrected chi connectivity index (χ1v) is 5.20. The predicted molar refractivity (Wildman–Crippen MR) is 65.0 cm³/mol. The molecular formula is C14H16O. The minimum Gasteiger partial charge on any atom is -0.290 e. The number of rotatable bonds is 5. The SMILES string of the molecule is C=C/C=C/CCCc1cccccc1=O. The van der Waals surface area contributed by atoms with Crippen molar-refractivity contribution in [2.24, 2.45) is 0 Å². The summed E-state index contributed by atoms with van der Waals surface area (Å²) < 4.78 is 0. The first kappa shape index (κ1) is 11.4. The summed E-state index contributed by atoms with van der Waals surface area (Å²) in [6, 6.07) is 9.09. The van der Waals surface area contributed by atoms with Crippen molar-refractivity contribution in [2.75, 3.05) is 0 Å². The highest BCUT2D eigenvalue weighted by molar-refractivity contribution is 5.14. The van der Waals surface area contributed by atoms with Gasteiger partial charge in [-0.05, 0) is 30.9 Å². The molecule has 0 atom stereocenters. The molecule has 1 rings (SSSR count). The standard InChI is InChI=1S/C14H16O/c1-2-3-4-5-7-10-13-11-8-6-9-12-14(13)15/h2-4,6,8-9,11-12H,1,5,7,10H2/b4-3+. The molecule has 1 aromatic carbocycles. The molecule has 0 N–H and O–H groups in total. The first-order chi connectivity index (χ1) is 7.34. The minimum atomic E-state index is 0.132. The van der Waals surface area contributed by atoms with E-state index in [-0.39, 0.29) is 5.43 Å². The molecule has 0 spiro atoms. The largest absolute Gasteiger partial charge is 0.290 e. The summed E-state index contributed by atoms with van der Waals surface area (Å²) in [6.45, 7) is 3.60. The molecule has 0 saturated carbocycles. The van der Waals surface area contributed by atoms with Crippen LogP contribution >= 0.6 is 0 Å². The second kappa shape index (κ2) is 6.77. The van der Waals surface area contributed by atoms with Gasteiger partial charge in [-0.15, -0.1) is 0 Å². The Labute approximate surface area is 90.8 Å². The van der Waals surface area contributed by atoms with Gasteiger partial charge in [0.15, 0.2) is 5.43 Å². The Hall–Kier alpha value is -1.63. The zero-order valence-electron chi connectivity index (χ0n) is 8.86. The summed E-state index contributed by atoms with van der Waals surface area (Å²) in [5.74, 6) is 0. The predicted octanol–water partition coefficient (Wildman–Crippen LogP) is 3.11. The van der Waals surface area contributed by atoms with Crippen molar-refractivity contribution >= 4 is 0 Å². The maximum Gasteiger partial charge on any atom is 0.181 e. The molecule has 0 radical (unpaired) electrons. The van der Waals surface area contributed by atoms with Crippen molar-refractivity contribution < 1.29 is 0 Å². The lowest BCUT2D eigenvalue weighted by molar-refractivity contribution is 0.839. The Bertz CT molecular complexity index is 391. The summed E-state index contributed by atoms with van der Waals surface area (Å²) in [6.07, 6.45) is 8.60. The van der Waals surface area contributed by atoms with E-state index < -0.39 is 0 Å². The van der Waals surface area contributed by atoms with Crippen LogP contribution in [0.3, 0.4) is 0 Å². The molecule has 0 unspecified atom stereocenters. The third kappa shape index (κ3) is 4.41. The van der Waals surface area contributed by atoms with Crippen molar-refractivity contribution in [2.45, 2.75) is 19.3 Å². The molecule has 0 aliphatic rings.